The van der Waals surface area contributed by atoms with Crippen molar-refractivity contribution in [2.45, 2.75) is 50.6 Å². The van der Waals surface area contributed by atoms with Crippen molar-refractivity contribution in [3.63, 3.8) is 0 Å². The maximum atomic E-state index is 12.6. The quantitative estimate of drug-likeness (QED) is 0.928. The molecule has 1 saturated carbocycles. The minimum atomic E-state index is 0.213. The van der Waals surface area contributed by atoms with Gasteiger partial charge in [0, 0.05) is 24.0 Å². The number of rotatable bonds is 3. The van der Waals surface area contributed by atoms with Crippen LogP contribution in [0.15, 0.2) is 24.3 Å². The van der Waals surface area contributed by atoms with E-state index in [1.165, 1.54) is 12.0 Å². The summed E-state index contributed by atoms with van der Waals surface area (Å²) < 4.78 is 0. The van der Waals surface area contributed by atoms with E-state index in [0.717, 1.165) is 37.3 Å². The molecule has 3 nitrogen and oxygen atoms in total. The molecule has 4 heteroatoms. The van der Waals surface area contributed by atoms with Crippen LogP contribution < -0.4 is 5.73 Å². The van der Waals surface area contributed by atoms with Crippen molar-refractivity contribution < 1.29 is 4.79 Å². The highest BCUT2D eigenvalue weighted by Crippen LogP contribution is 2.35. The van der Waals surface area contributed by atoms with Gasteiger partial charge in [-0.1, -0.05) is 30.2 Å². The first kappa shape index (κ1) is 14.9. The first-order valence-corrected chi connectivity index (χ1v) is 8.33. The lowest BCUT2D eigenvalue weighted by Crippen LogP contribution is -2.35. The van der Waals surface area contributed by atoms with Gasteiger partial charge in [-0.2, -0.15) is 0 Å². The number of carbonyl (C=O) groups excluding carboxylic acids is 1. The van der Waals surface area contributed by atoms with Gasteiger partial charge in [-0.25, -0.2) is 0 Å². The molecule has 3 atom stereocenters. The Bertz CT molecular complexity index is 502. The van der Waals surface area contributed by atoms with Crippen LogP contribution in [0.25, 0.3) is 0 Å². The van der Waals surface area contributed by atoms with Gasteiger partial charge in [-0.05, 0) is 49.3 Å². The molecular weight excluding hydrogens is 284 g/mol. The van der Waals surface area contributed by atoms with Gasteiger partial charge < -0.3 is 10.6 Å². The molecule has 1 saturated heterocycles. The molecule has 0 bridgehead atoms. The largest absolute Gasteiger partial charge is 0.336 e. The Labute approximate surface area is 131 Å². The Hall–Kier alpha value is -1.06. The molecule has 1 aliphatic carbocycles. The van der Waals surface area contributed by atoms with Gasteiger partial charge in [-0.15, -0.1) is 0 Å². The van der Waals surface area contributed by atoms with Crippen molar-refractivity contribution in [3.8, 4) is 0 Å². The van der Waals surface area contributed by atoms with Gasteiger partial charge in [0.15, 0.2) is 0 Å². The molecule has 1 aliphatic heterocycles. The monoisotopic (exact) mass is 306 g/mol. The van der Waals surface area contributed by atoms with E-state index in [2.05, 4.69) is 0 Å². The summed E-state index contributed by atoms with van der Waals surface area (Å²) in [6.45, 7) is 0.869. The van der Waals surface area contributed by atoms with Gasteiger partial charge in [0.1, 0.15) is 0 Å². The number of nitrogens with zero attached hydrogens (tertiary/aromatic N) is 1. The topological polar surface area (TPSA) is 46.3 Å². The van der Waals surface area contributed by atoms with Crippen molar-refractivity contribution in [2.24, 2.45) is 11.7 Å². The number of benzene rings is 1. The molecule has 0 aromatic heterocycles. The molecule has 0 radical (unpaired) electrons. The van der Waals surface area contributed by atoms with Gasteiger partial charge in [0.25, 0.3) is 0 Å². The van der Waals surface area contributed by atoms with Crippen molar-refractivity contribution >= 4 is 17.5 Å². The average molecular weight is 307 g/mol. The molecule has 1 unspecified atom stereocenters. The van der Waals surface area contributed by atoms with Crippen LogP contribution in [0.4, 0.5) is 0 Å². The third kappa shape index (κ3) is 3.24. The van der Waals surface area contributed by atoms with Gasteiger partial charge in [0.2, 0.25) is 5.91 Å². The summed E-state index contributed by atoms with van der Waals surface area (Å²) in [4.78, 5) is 14.7. The minimum Gasteiger partial charge on any atom is -0.336 e. The lowest BCUT2D eigenvalue weighted by Gasteiger charge is -2.27. The van der Waals surface area contributed by atoms with Crippen LogP contribution in [-0.4, -0.2) is 23.4 Å². The molecule has 21 heavy (non-hydrogen) atoms. The third-order valence-corrected chi connectivity index (χ3v) is 5.23. The number of amides is 1. The molecule has 1 heterocycles. The van der Waals surface area contributed by atoms with Crippen LogP contribution in [0, 0.1) is 5.92 Å². The molecule has 0 spiro atoms. The number of nitrogens with two attached hydrogens (primary N) is 1. The molecule has 2 aliphatic rings. The first-order valence-electron chi connectivity index (χ1n) is 7.95. The summed E-state index contributed by atoms with van der Waals surface area (Å²) in [6.07, 6.45) is 6.08. The highest BCUT2D eigenvalue weighted by Gasteiger charge is 2.33. The summed E-state index contributed by atoms with van der Waals surface area (Å²) in [5.41, 5.74) is 7.30. The maximum Gasteiger partial charge on any atom is 0.223 e. The number of halogens is 1. The van der Waals surface area contributed by atoms with Gasteiger partial charge in [-0.3, -0.25) is 4.79 Å². The molecule has 114 valence electrons. The zero-order valence-electron chi connectivity index (χ0n) is 12.3. The van der Waals surface area contributed by atoms with Crippen molar-refractivity contribution in [2.75, 3.05) is 6.54 Å². The highest BCUT2D eigenvalue weighted by atomic mass is 35.5. The first-order chi connectivity index (χ1) is 10.1. The summed E-state index contributed by atoms with van der Waals surface area (Å²) in [6, 6.07) is 8.33. The normalized spacial score (nSPS) is 29.0. The van der Waals surface area contributed by atoms with Crippen LogP contribution in [0.5, 0.6) is 0 Å². The minimum absolute atomic E-state index is 0.213. The van der Waals surface area contributed by atoms with Crippen LogP contribution in [0.1, 0.15) is 50.1 Å². The summed E-state index contributed by atoms with van der Waals surface area (Å²) >= 11 is 5.95. The van der Waals surface area contributed by atoms with E-state index in [1.807, 2.05) is 29.2 Å². The zero-order chi connectivity index (χ0) is 14.8. The Balaban J connectivity index is 1.68. The van der Waals surface area contributed by atoms with E-state index in [4.69, 9.17) is 17.3 Å². The van der Waals surface area contributed by atoms with Crippen molar-refractivity contribution in [1.82, 2.24) is 4.90 Å². The Morgan fingerprint density at radius 2 is 1.95 bits per heavy atom. The SMILES string of the molecule is N[C@@H]1CCC[C@H]1CC(=O)N1CCCC1c1ccc(Cl)cc1. The predicted molar refractivity (Wildman–Crippen MR) is 85.1 cm³/mol. The molecule has 2 fully saturated rings. The van der Waals surface area contributed by atoms with Crippen LogP contribution in [-0.2, 0) is 4.79 Å². The van der Waals surface area contributed by atoms with Gasteiger partial charge in [0.05, 0.1) is 6.04 Å². The van der Waals surface area contributed by atoms with E-state index in [-0.39, 0.29) is 18.0 Å². The smallest absolute Gasteiger partial charge is 0.223 e. The molecule has 3 rings (SSSR count). The number of likely N-dealkylation sites (tertiary alicyclic amines) is 1. The van der Waals surface area contributed by atoms with Crippen LogP contribution >= 0.6 is 11.6 Å². The second-order valence-electron chi connectivity index (χ2n) is 6.36. The zero-order valence-corrected chi connectivity index (χ0v) is 13.1. The van der Waals surface area contributed by atoms with Crippen molar-refractivity contribution in [3.05, 3.63) is 34.9 Å². The second kappa shape index (κ2) is 6.37. The summed E-state index contributed by atoms with van der Waals surface area (Å²) in [7, 11) is 0. The highest BCUT2D eigenvalue weighted by molar-refractivity contribution is 6.30. The fraction of sp³-hybridized carbons (Fsp3) is 0.588. The number of hydrogen-bond acceptors (Lipinski definition) is 2. The maximum absolute atomic E-state index is 12.6. The molecule has 1 aromatic carbocycles. The fourth-order valence-corrected chi connectivity index (χ4v) is 3.88. The van der Waals surface area contributed by atoms with E-state index >= 15 is 0 Å². The van der Waals surface area contributed by atoms with Crippen molar-refractivity contribution in [1.29, 1.82) is 0 Å². The fourth-order valence-electron chi connectivity index (χ4n) is 3.76. The Morgan fingerprint density at radius 1 is 1.19 bits per heavy atom. The molecule has 2 N–H and O–H groups in total. The van der Waals surface area contributed by atoms with Crippen LogP contribution in [0.3, 0.4) is 0 Å². The Kier molecular flexibility index (Phi) is 4.51. The second-order valence-corrected chi connectivity index (χ2v) is 6.79. The lowest BCUT2D eigenvalue weighted by atomic mass is 9.98. The summed E-state index contributed by atoms with van der Waals surface area (Å²) in [5, 5.41) is 0.742. The summed E-state index contributed by atoms with van der Waals surface area (Å²) in [5.74, 6) is 0.652. The van der Waals surface area contributed by atoms with E-state index in [0.29, 0.717) is 12.3 Å². The van der Waals surface area contributed by atoms with E-state index in [1.54, 1.807) is 0 Å². The molecule has 1 amide bonds. The molecule has 1 aromatic rings. The van der Waals surface area contributed by atoms with Crippen LogP contribution in [0.2, 0.25) is 5.02 Å². The standard InChI is InChI=1S/C17H23ClN2O/c18-14-8-6-12(7-9-14)16-5-2-10-20(16)17(21)11-13-3-1-4-15(13)19/h6-9,13,15-16H,1-5,10-11,19H2/t13-,15+,16?/m0/s1. The number of hydrogen-bond donors (Lipinski definition) is 1. The van der Waals surface area contributed by atoms with E-state index < -0.39 is 0 Å². The predicted octanol–water partition coefficient (Wildman–Crippen LogP) is 3.52. The third-order valence-electron chi connectivity index (χ3n) is 4.98. The Morgan fingerprint density at radius 3 is 2.62 bits per heavy atom. The van der Waals surface area contributed by atoms with Gasteiger partial charge >= 0.3 is 0 Å². The molecular formula is C17H23ClN2O. The lowest BCUT2D eigenvalue weighted by molar-refractivity contribution is -0.133. The average Bonchev–Trinajstić information content (AvgIpc) is 3.09. The van der Waals surface area contributed by atoms with E-state index in [9.17, 15) is 4.79 Å². The number of carbonyl (C=O) groups is 1.